The van der Waals surface area contributed by atoms with E-state index in [9.17, 15) is 4.79 Å². The number of aromatic amines is 1. The lowest BCUT2D eigenvalue weighted by Gasteiger charge is -2.21. The van der Waals surface area contributed by atoms with E-state index in [4.69, 9.17) is 12.2 Å². The van der Waals surface area contributed by atoms with Gasteiger partial charge in [0.1, 0.15) is 4.83 Å². The van der Waals surface area contributed by atoms with Crippen molar-refractivity contribution < 1.29 is 0 Å². The molecular weight excluding hydrogens is 314 g/mol. The van der Waals surface area contributed by atoms with E-state index in [0.717, 1.165) is 35.4 Å². The third-order valence-corrected chi connectivity index (χ3v) is 5.52. The monoisotopic (exact) mass is 329 g/mol. The molecule has 1 aliphatic rings. The van der Waals surface area contributed by atoms with Crippen molar-refractivity contribution in [2.24, 2.45) is 0 Å². The number of hydrogen-bond acceptors (Lipinski definition) is 4. The fourth-order valence-corrected chi connectivity index (χ4v) is 4.69. The van der Waals surface area contributed by atoms with Crippen LogP contribution in [0.15, 0.2) is 35.1 Å². The van der Waals surface area contributed by atoms with Crippen LogP contribution in [0.4, 0.5) is 0 Å². The first-order valence-electron chi connectivity index (χ1n) is 7.18. The summed E-state index contributed by atoms with van der Waals surface area (Å²) in [6, 6.07) is 9.58. The van der Waals surface area contributed by atoms with Gasteiger partial charge in [0, 0.05) is 18.0 Å². The van der Waals surface area contributed by atoms with Crippen LogP contribution in [-0.4, -0.2) is 28.0 Å². The molecular formula is C16H15N3OS2. The van der Waals surface area contributed by atoms with E-state index in [-0.39, 0.29) is 5.56 Å². The number of hydrogen-bond donors (Lipinski definition) is 1. The Morgan fingerprint density at radius 3 is 2.82 bits per heavy atom. The minimum Gasteiger partial charge on any atom is -0.323 e. The molecule has 0 amide bonds. The van der Waals surface area contributed by atoms with Crippen molar-refractivity contribution in [3.05, 3.63) is 55.9 Å². The summed E-state index contributed by atoms with van der Waals surface area (Å²) < 4.78 is 2.05. The highest BCUT2D eigenvalue weighted by molar-refractivity contribution is 7.71. The Balaban J connectivity index is 2.05. The maximum Gasteiger partial charge on any atom is 0.267 e. The molecule has 6 heteroatoms. The van der Waals surface area contributed by atoms with Gasteiger partial charge >= 0.3 is 0 Å². The molecule has 112 valence electrons. The number of H-pyrrole nitrogens is 1. The second-order valence-corrected chi connectivity index (χ2v) is 7.09. The third kappa shape index (κ3) is 2.06. The molecule has 4 rings (SSSR count). The summed E-state index contributed by atoms with van der Waals surface area (Å²) in [6.07, 6.45) is 0.917. The summed E-state index contributed by atoms with van der Waals surface area (Å²) in [5.41, 5.74) is 1.99. The van der Waals surface area contributed by atoms with Crippen molar-refractivity contribution in [1.29, 1.82) is 0 Å². The zero-order valence-electron chi connectivity index (χ0n) is 12.1. The van der Waals surface area contributed by atoms with Crippen molar-refractivity contribution in [3.63, 3.8) is 0 Å². The molecule has 3 heterocycles. The topological polar surface area (TPSA) is 41.0 Å². The maximum atomic E-state index is 13.0. The second-order valence-electron chi connectivity index (χ2n) is 5.60. The number of nitrogens with one attached hydrogen (secondary N) is 1. The van der Waals surface area contributed by atoms with Crippen LogP contribution in [0.2, 0.25) is 0 Å². The molecule has 4 nitrogen and oxygen atoms in total. The molecule has 22 heavy (non-hydrogen) atoms. The number of aromatic nitrogens is 2. The first-order valence-corrected chi connectivity index (χ1v) is 8.41. The molecule has 1 N–H and O–H groups in total. The van der Waals surface area contributed by atoms with E-state index >= 15 is 0 Å². The van der Waals surface area contributed by atoms with Gasteiger partial charge in [-0.1, -0.05) is 18.2 Å². The minimum absolute atomic E-state index is 0.00740. The first kappa shape index (κ1) is 13.9. The molecule has 0 atom stereocenters. The largest absolute Gasteiger partial charge is 0.323 e. The molecule has 0 aliphatic carbocycles. The van der Waals surface area contributed by atoms with Gasteiger partial charge in [0.15, 0.2) is 4.77 Å². The van der Waals surface area contributed by atoms with E-state index in [2.05, 4.69) is 16.9 Å². The lowest BCUT2D eigenvalue weighted by atomic mass is 10.1. The van der Waals surface area contributed by atoms with Crippen LogP contribution in [0.5, 0.6) is 0 Å². The summed E-state index contributed by atoms with van der Waals surface area (Å²) in [7, 11) is 2.11. The molecule has 1 aromatic carbocycles. The van der Waals surface area contributed by atoms with Crippen LogP contribution in [0.25, 0.3) is 15.9 Å². The van der Waals surface area contributed by atoms with Crippen molar-refractivity contribution in [2.45, 2.75) is 13.0 Å². The fourth-order valence-electron chi connectivity index (χ4n) is 3.01. The smallest absolute Gasteiger partial charge is 0.267 e. The molecule has 3 aromatic rings. The Bertz CT molecular complexity index is 969. The van der Waals surface area contributed by atoms with Crippen LogP contribution < -0.4 is 5.56 Å². The van der Waals surface area contributed by atoms with E-state index < -0.39 is 0 Å². The van der Waals surface area contributed by atoms with Gasteiger partial charge in [0.05, 0.1) is 11.1 Å². The molecule has 0 unspecified atom stereocenters. The molecule has 0 radical (unpaired) electrons. The highest BCUT2D eigenvalue weighted by atomic mass is 32.1. The normalized spacial score (nSPS) is 15.1. The molecule has 0 saturated heterocycles. The van der Waals surface area contributed by atoms with Crippen molar-refractivity contribution in [2.75, 3.05) is 13.6 Å². The zero-order valence-corrected chi connectivity index (χ0v) is 13.8. The number of benzene rings is 1. The van der Waals surface area contributed by atoms with Crippen LogP contribution in [0.3, 0.4) is 0 Å². The fraction of sp³-hybridized carbons (Fsp3) is 0.250. The predicted octanol–water partition coefficient (Wildman–Crippen LogP) is 3.10. The van der Waals surface area contributed by atoms with Crippen molar-refractivity contribution in [3.8, 4) is 5.69 Å². The van der Waals surface area contributed by atoms with Gasteiger partial charge in [-0.2, -0.15) is 0 Å². The summed E-state index contributed by atoms with van der Waals surface area (Å²) >= 11 is 7.07. The van der Waals surface area contributed by atoms with Gasteiger partial charge in [-0.25, -0.2) is 0 Å². The number of fused-ring (bicyclic) bond motifs is 3. The van der Waals surface area contributed by atoms with Gasteiger partial charge in [-0.05, 0) is 43.4 Å². The van der Waals surface area contributed by atoms with E-state index in [1.54, 1.807) is 15.9 Å². The number of para-hydroxylation sites is 1. The Morgan fingerprint density at radius 1 is 1.27 bits per heavy atom. The van der Waals surface area contributed by atoms with Crippen LogP contribution in [-0.2, 0) is 13.0 Å². The first-order chi connectivity index (χ1) is 10.6. The molecule has 0 bridgehead atoms. The summed E-state index contributed by atoms with van der Waals surface area (Å²) in [6.45, 7) is 1.89. The number of likely N-dealkylation sites (N-methyl/N-ethyl adjacent to an activating group) is 1. The van der Waals surface area contributed by atoms with Gasteiger partial charge < -0.3 is 9.88 Å². The lowest BCUT2D eigenvalue weighted by molar-refractivity contribution is 0.318. The highest BCUT2D eigenvalue weighted by Gasteiger charge is 2.22. The minimum atomic E-state index is -0.00740. The summed E-state index contributed by atoms with van der Waals surface area (Å²) in [4.78, 5) is 20.7. The molecule has 0 spiro atoms. The highest BCUT2D eigenvalue weighted by Crippen LogP contribution is 2.32. The van der Waals surface area contributed by atoms with Gasteiger partial charge in [-0.3, -0.25) is 9.36 Å². The quantitative estimate of drug-likeness (QED) is 0.698. The SMILES string of the molecule is CN1CCc2c(sc3[nH]c(=S)n(-c4ccccc4)c(=O)c23)C1. The maximum absolute atomic E-state index is 13.0. The average molecular weight is 329 g/mol. The average Bonchev–Trinajstić information content (AvgIpc) is 2.85. The number of thiophene rings is 1. The summed E-state index contributed by atoms with van der Waals surface area (Å²) in [5.74, 6) is 0. The Morgan fingerprint density at radius 2 is 2.05 bits per heavy atom. The molecule has 2 aromatic heterocycles. The standard InChI is InChI=1S/C16H15N3OS2/c1-18-8-7-11-12(9-18)22-14-13(11)15(20)19(16(21)17-14)10-5-3-2-4-6-10/h2-6H,7-9H2,1H3,(H,17,21). The summed E-state index contributed by atoms with van der Waals surface area (Å²) in [5, 5.41) is 0.811. The van der Waals surface area contributed by atoms with Crippen LogP contribution >= 0.6 is 23.6 Å². The lowest BCUT2D eigenvalue weighted by Crippen LogP contribution is -2.27. The number of nitrogens with zero attached hydrogens (tertiary/aromatic N) is 2. The Labute approximate surface area is 136 Å². The zero-order chi connectivity index (χ0) is 15.3. The van der Waals surface area contributed by atoms with Crippen molar-refractivity contribution in [1.82, 2.24) is 14.5 Å². The van der Waals surface area contributed by atoms with E-state index in [0.29, 0.717) is 4.77 Å². The van der Waals surface area contributed by atoms with Gasteiger partial charge in [-0.15, -0.1) is 11.3 Å². The predicted molar refractivity (Wildman–Crippen MR) is 92.6 cm³/mol. The van der Waals surface area contributed by atoms with Gasteiger partial charge in [0.2, 0.25) is 0 Å². The van der Waals surface area contributed by atoms with Crippen LogP contribution in [0.1, 0.15) is 10.4 Å². The van der Waals surface area contributed by atoms with Gasteiger partial charge in [0.25, 0.3) is 5.56 Å². The Hall–Kier alpha value is -1.76. The Kier molecular flexibility index (Phi) is 3.25. The van der Waals surface area contributed by atoms with E-state index in [1.807, 2.05) is 30.3 Å². The third-order valence-electron chi connectivity index (χ3n) is 4.10. The van der Waals surface area contributed by atoms with Crippen LogP contribution in [0, 0.1) is 4.77 Å². The molecule has 0 fully saturated rings. The molecule has 0 saturated carbocycles. The number of rotatable bonds is 1. The van der Waals surface area contributed by atoms with Crippen molar-refractivity contribution >= 4 is 33.8 Å². The second kappa shape index (κ2) is 5.15. The molecule has 1 aliphatic heterocycles. The van der Waals surface area contributed by atoms with E-state index in [1.165, 1.54) is 10.4 Å².